The Morgan fingerprint density at radius 1 is 1.42 bits per heavy atom. The average Bonchev–Trinajstić information content (AvgIpc) is 2.43. The summed E-state index contributed by atoms with van der Waals surface area (Å²) in [6.07, 6.45) is 7.37. The van der Waals surface area contributed by atoms with Crippen molar-refractivity contribution in [3.05, 3.63) is 23.3 Å². The van der Waals surface area contributed by atoms with Crippen LogP contribution in [0.2, 0.25) is 0 Å². The average molecular weight is 447 g/mol. The zero-order valence-corrected chi connectivity index (χ0v) is 18.2. The number of carbonyl (C=O) groups excluding carboxylic acids is 1. The highest BCUT2D eigenvalue weighted by atomic mass is 127. The van der Waals surface area contributed by atoms with Crippen LogP contribution in [0.5, 0.6) is 0 Å². The van der Waals surface area contributed by atoms with Crippen molar-refractivity contribution < 1.29 is 9.90 Å². The van der Waals surface area contributed by atoms with Gasteiger partial charge in [0.05, 0.1) is 0 Å². The van der Waals surface area contributed by atoms with E-state index in [1.54, 1.807) is 0 Å². The van der Waals surface area contributed by atoms with Gasteiger partial charge in [0, 0.05) is 18.9 Å². The van der Waals surface area contributed by atoms with Crippen LogP contribution in [0.4, 0.5) is 0 Å². The normalized spacial score (nSPS) is 24.6. The zero-order valence-electron chi connectivity index (χ0n) is 16.1. The Bertz CT molecular complexity index is 498. The van der Waals surface area contributed by atoms with E-state index in [2.05, 4.69) is 81.6 Å². The van der Waals surface area contributed by atoms with E-state index in [1.807, 2.05) is 0 Å². The number of allylic oxidation sites excluding steroid dienone is 2. The molecule has 138 valence electrons. The molecular weight excluding hydrogens is 413 g/mol. The third kappa shape index (κ3) is 6.51. The number of carbonyl (C=O) groups is 1. The highest BCUT2D eigenvalue weighted by Gasteiger charge is 2.41. The Morgan fingerprint density at radius 3 is 2.54 bits per heavy atom. The molecule has 0 saturated carbocycles. The Morgan fingerprint density at radius 2 is 2.04 bits per heavy atom. The predicted molar refractivity (Wildman–Crippen MR) is 110 cm³/mol. The third-order valence-corrected chi connectivity index (χ3v) is 5.71. The lowest BCUT2D eigenvalue weighted by Gasteiger charge is -2.40. The Kier molecular flexibility index (Phi) is 7.98. The van der Waals surface area contributed by atoms with Crippen molar-refractivity contribution in [2.24, 2.45) is 17.3 Å². The van der Waals surface area contributed by atoms with Crippen molar-refractivity contribution in [2.45, 2.75) is 70.8 Å². The van der Waals surface area contributed by atoms with Crippen molar-refractivity contribution >= 4 is 28.5 Å². The number of rotatable bonds is 7. The summed E-state index contributed by atoms with van der Waals surface area (Å²) >= 11 is 2.20. The second kappa shape index (κ2) is 8.84. The monoisotopic (exact) mass is 447 g/mol. The Hall–Kier alpha value is -0.360. The summed E-state index contributed by atoms with van der Waals surface area (Å²) in [6.45, 7) is 13.7. The lowest BCUT2D eigenvalue weighted by atomic mass is 9.75. The minimum absolute atomic E-state index is 0.0779. The standard InChI is InChI=1S/C20H34INO2/c1-7-10-22-18(23)9-8-15-11-16(13-19(4,5)6)20(21,24)17(12-15)14(2)3/h11-12,14,17,24H,7-10,13H2,1-6H3,(H,22,23). The van der Waals surface area contributed by atoms with Gasteiger partial charge in [-0.3, -0.25) is 4.79 Å². The second-order valence-corrected chi connectivity index (χ2v) is 10.1. The molecule has 0 saturated heterocycles. The highest BCUT2D eigenvalue weighted by molar-refractivity contribution is 14.1. The number of halogens is 1. The molecule has 1 rings (SSSR count). The molecule has 24 heavy (non-hydrogen) atoms. The van der Waals surface area contributed by atoms with E-state index in [0.717, 1.165) is 31.4 Å². The van der Waals surface area contributed by atoms with Crippen LogP contribution in [-0.2, 0) is 4.79 Å². The minimum Gasteiger partial charge on any atom is -0.375 e. The molecule has 0 aromatic heterocycles. The molecule has 3 nitrogen and oxygen atoms in total. The molecule has 2 atom stereocenters. The van der Waals surface area contributed by atoms with Gasteiger partial charge >= 0.3 is 0 Å². The van der Waals surface area contributed by atoms with E-state index in [1.165, 1.54) is 5.57 Å². The minimum atomic E-state index is -0.840. The van der Waals surface area contributed by atoms with Gasteiger partial charge in [-0.1, -0.05) is 59.3 Å². The van der Waals surface area contributed by atoms with Crippen molar-refractivity contribution in [1.29, 1.82) is 0 Å². The van der Waals surface area contributed by atoms with E-state index >= 15 is 0 Å². The maximum absolute atomic E-state index is 11.9. The number of aliphatic hydroxyl groups is 1. The molecule has 0 aliphatic heterocycles. The van der Waals surface area contributed by atoms with Gasteiger partial charge in [-0.2, -0.15) is 0 Å². The van der Waals surface area contributed by atoms with Crippen molar-refractivity contribution in [3.8, 4) is 0 Å². The summed E-state index contributed by atoms with van der Waals surface area (Å²) in [5, 5.41) is 14.1. The smallest absolute Gasteiger partial charge is 0.220 e. The summed E-state index contributed by atoms with van der Waals surface area (Å²) in [4.78, 5) is 11.9. The first-order valence-corrected chi connectivity index (χ1v) is 10.1. The molecule has 0 aromatic carbocycles. The zero-order chi connectivity index (χ0) is 18.5. The van der Waals surface area contributed by atoms with Gasteiger partial charge < -0.3 is 10.4 Å². The quantitative estimate of drug-likeness (QED) is 0.427. The summed E-state index contributed by atoms with van der Waals surface area (Å²) in [5.41, 5.74) is 2.38. The maximum atomic E-state index is 11.9. The van der Waals surface area contributed by atoms with Gasteiger partial charge in [0.25, 0.3) is 0 Å². The van der Waals surface area contributed by atoms with Crippen LogP contribution in [0.3, 0.4) is 0 Å². The van der Waals surface area contributed by atoms with Crippen LogP contribution in [0.25, 0.3) is 0 Å². The SMILES string of the molecule is CCCNC(=O)CCC1=CC(C(C)C)C(O)(I)C(CC(C)(C)C)=C1. The molecule has 0 heterocycles. The summed E-state index contributed by atoms with van der Waals surface area (Å²) in [7, 11) is 0. The summed E-state index contributed by atoms with van der Waals surface area (Å²) < 4.78 is -0.840. The molecule has 1 aliphatic carbocycles. The van der Waals surface area contributed by atoms with Crippen LogP contribution < -0.4 is 5.32 Å². The predicted octanol–water partition coefficient (Wildman–Crippen LogP) is 4.99. The van der Waals surface area contributed by atoms with Gasteiger partial charge in [0.15, 0.2) is 0 Å². The molecule has 0 spiro atoms. The van der Waals surface area contributed by atoms with E-state index in [-0.39, 0.29) is 17.2 Å². The first kappa shape index (κ1) is 21.7. The van der Waals surface area contributed by atoms with E-state index in [4.69, 9.17) is 0 Å². The van der Waals surface area contributed by atoms with Gasteiger partial charge in [-0.25, -0.2) is 0 Å². The number of hydrogen-bond acceptors (Lipinski definition) is 2. The summed E-state index contributed by atoms with van der Waals surface area (Å²) in [6, 6.07) is 0. The first-order valence-electron chi connectivity index (χ1n) is 9.07. The number of hydrogen-bond donors (Lipinski definition) is 2. The van der Waals surface area contributed by atoms with Crippen LogP contribution in [0.1, 0.15) is 67.2 Å². The van der Waals surface area contributed by atoms with Crippen molar-refractivity contribution in [3.63, 3.8) is 0 Å². The molecular formula is C20H34INO2. The Balaban J connectivity index is 2.94. The van der Waals surface area contributed by atoms with Crippen LogP contribution >= 0.6 is 22.6 Å². The number of amides is 1. The maximum Gasteiger partial charge on any atom is 0.220 e. The molecule has 0 bridgehead atoms. The van der Waals surface area contributed by atoms with Crippen molar-refractivity contribution in [1.82, 2.24) is 5.32 Å². The molecule has 1 aliphatic rings. The van der Waals surface area contributed by atoms with Crippen LogP contribution in [0.15, 0.2) is 23.3 Å². The fourth-order valence-corrected chi connectivity index (χ4v) is 4.32. The summed E-state index contributed by atoms with van der Waals surface area (Å²) in [5.74, 6) is 0.536. The number of nitrogens with one attached hydrogen (secondary N) is 1. The van der Waals surface area contributed by atoms with Crippen LogP contribution in [-0.4, -0.2) is 21.2 Å². The highest BCUT2D eigenvalue weighted by Crippen LogP contribution is 2.46. The number of alkyl halides is 1. The van der Waals surface area contributed by atoms with Crippen LogP contribution in [0, 0.1) is 17.3 Å². The first-order chi connectivity index (χ1) is 11.0. The van der Waals surface area contributed by atoms with E-state index in [0.29, 0.717) is 12.3 Å². The largest absolute Gasteiger partial charge is 0.375 e. The lowest BCUT2D eigenvalue weighted by Crippen LogP contribution is -2.39. The molecule has 4 heteroatoms. The van der Waals surface area contributed by atoms with Gasteiger partial charge in [-0.15, -0.1) is 0 Å². The van der Waals surface area contributed by atoms with E-state index in [9.17, 15) is 9.90 Å². The topological polar surface area (TPSA) is 49.3 Å². The van der Waals surface area contributed by atoms with Gasteiger partial charge in [-0.05, 0) is 58.8 Å². The molecule has 0 aromatic rings. The Labute approximate surface area is 161 Å². The fraction of sp³-hybridized carbons (Fsp3) is 0.750. The molecule has 0 fully saturated rings. The third-order valence-electron chi connectivity index (χ3n) is 4.30. The van der Waals surface area contributed by atoms with Gasteiger partial charge in [0.1, 0.15) is 3.61 Å². The lowest BCUT2D eigenvalue weighted by molar-refractivity contribution is -0.121. The molecule has 1 amide bonds. The molecule has 2 N–H and O–H groups in total. The van der Waals surface area contributed by atoms with Crippen molar-refractivity contribution in [2.75, 3.05) is 6.54 Å². The van der Waals surface area contributed by atoms with Gasteiger partial charge in [0.2, 0.25) is 5.91 Å². The fourth-order valence-electron chi connectivity index (χ4n) is 3.07. The second-order valence-electron chi connectivity index (χ2n) is 8.44. The molecule has 0 radical (unpaired) electrons. The molecule has 2 unspecified atom stereocenters. The van der Waals surface area contributed by atoms with E-state index < -0.39 is 3.61 Å².